The van der Waals surface area contributed by atoms with Crippen LogP contribution in [0.1, 0.15) is 20.3 Å². The van der Waals surface area contributed by atoms with Crippen molar-refractivity contribution in [3.63, 3.8) is 0 Å². The Balaban J connectivity index is 2.73. The van der Waals surface area contributed by atoms with E-state index in [9.17, 15) is 4.79 Å². The fourth-order valence-corrected chi connectivity index (χ4v) is 1.13. The first-order valence-corrected chi connectivity index (χ1v) is 5.26. The second kappa shape index (κ2) is 5.95. The third-order valence-electron chi connectivity index (χ3n) is 1.96. The summed E-state index contributed by atoms with van der Waals surface area (Å²) in [4.78, 5) is 10.9. The van der Waals surface area contributed by atoms with Crippen LogP contribution < -0.4 is 4.74 Å². The first-order valence-electron chi connectivity index (χ1n) is 5.26. The Kier molecular flexibility index (Phi) is 4.58. The average molecular weight is 220 g/mol. The molecule has 16 heavy (non-hydrogen) atoms. The minimum Gasteiger partial charge on any atom is -0.475 e. The molecular formula is C13H16O3. The molecule has 0 fully saturated rings. The van der Waals surface area contributed by atoms with Crippen molar-refractivity contribution in [1.29, 1.82) is 0 Å². The number of benzene rings is 1. The first-order chi connectivity index (χ1) is 7.59. The van der Waals surface area contributed by atoms with Crippen LogP contribution in [0.25, 0.3) is 0 Å². The van der Waals surface area contributed by atoms with Gasteiger partial charge in [-0.1, -0.05) is 32.0 Å². The Labute approximate surface area is 95.4 Å². The summed E-state index contributed by atoms with van der Waals surface area (Å²) in [6, 6.07) is 8.91. The van der Waals surface area contributed by atoms with Gasteiger partial charge >= 0.3 is 5.97 Å². The van der Waals surface area contributed by atoms with Gasteiger partial charge in [0.15, 0.2) is 0 Å². The molecule has 1 aromatic rings. The van der Waals surface area contributed by atoms with Crippen LogP contribution in [0, 0.1) is 5.92 Å². The van der Waals surface area contributed by atoms with Gasteiger partial charge < -0.3 is 9.84 Å². The molecule has 0 amide bonds. The minimum atomic E-state index is -1.04. The normalized spacial score (nSPS) is 11.6. The van der Waals surface area contributed by atoms with Crippen molar-refractivity contribution in [2.45, 2.75) is 20.3 Å². The Morgan fingerprint density at radius 3 is 2.50 bits per heavy atom. The van der Waals surface area contributed by atoms with Crippen molar-refractivity contribution in [2.75, 3.05) is 0 Å². The summed E-state index contributed by atoms with van der Waals surface area (Å²) in [5.74, 6) is -0.0990. The molecule has 0 saturated heterocycles. The van der Waals surface area contributed by atoms with Gasteiger partial charge in [-0.15, -0.1) is 0 Å². The highest BCUT2D eigenvalue weighted by molar-refractivity contribution is 5.84. The number of para-hydroxylation sites is 1. The van der Waals surface area contributed by atoms with Crippen LogP contribution in [0.4, 0.5) is 0 Å². The molecule has 1 aromatic carbocycles. The molecule has 1 N–H and O–H groups in total. The number of carboxylic acid groups (broad SMARTS) is 1. The number of ether oxygens (including phenoxy) is 1. The molecule has 86 valence electrons. The van der Waals surface area contributed by atoms with Gasteiger partial charge in [0.05, 0.1) is 0 Å². The topological polar surface area (TPSA) is 46.5 Å². The molecule has 0 radical (unpaired) electrons. The quantitative estimate of drug-likeness (QED) is 0.612. The van der Waals surface area contributed by atoms with E-state index in [0.29, 0.717) is 18.1 Å². The van der Waals surface area contributed by atoms with Gasteiger partial charge in [0.1, 0.15) is 5.75 Å². The fraction of sp³-hybridized carbons (Fsp3) is 0.308. The highest BCUT2D eigenvalue weighted by Crippen LogP contribution is 2.14. The summed E-state index contributed by atoms with van der Waals surface area (Å²) in [5.41, 5.74) is 0. The van der Waals surface area contributed by atoms with Crippen LogP contribution in [0.5, 0.6) is 5.75 Å². The van der Waals surface area contributed by atoms with Crippen LogP contribution in [0.3, 0.4) is 0 Å². The van der Waals surface area contributed by atoms with Crippen LogP contribution in [0.2, 0.25) is 0 Å². The van der Waals surface area contributed by atoms with E-state index in [1.165, 1.54) is 0 Å². The van der Waals surface area contributed by atoms with Gasteiger partial charge in [-0.05, 0) is 30.5 Å². The second-order valence-electron chi connectivity index (χ2n) is 3.92. The minimum absolute atomic E-state index is 0.0140. The monoisotopic (exact) mass is 220 g/mol. The Hall–Kier alpha value is -1.77. The Morgan fingerprint density at radius 1 is 1.38 bits per heavy atom. The molecule has 0 bridgehead atoms. The highest BCUT2D eigenvalue weighted by atomic mass is 16.5. The number of hydrogen-bond acceptors (Lipinski definition) is 2. The molecule has 0 aliphatic heterocycles. The predicted octanol–water partition coefficient (Wildman–Crippen LogP) is 3.08. The van der Waals surface area contributed by atoms with Crippen molar-refractivity contribution in [3.8, 4) is 5.75 Å². The van der Waals surface area contributed by atoms with E-state index >= 15 is 0 Å². The maximum atomic E-state index is 10.9. The maximum absolute atomic E-state index is 10.9. The zero-order chi connectivity index (χ0) is 12.0. The SMILES string of the molecule is CC(C)CC=C(Oc1ccccc1)C(=O)O. The van der Waals surface area contributed by atoms with E-state index in [1.54, 1.807) is 30.3 Å². The van der Waals surface area contributed by atoms with E-state index in [4.69, 9.17) is 9.84 Å². The number of carboxylic acids is 1. The lowest BCUT2D eigenvalue weighted by Crippen LogP contribution is -2.08. The fourth-order valence-electron chi connectivity index (χ4n) is 1.13. The summed E-state index contributed by atoms with van der Waals surface area (Å²) in [7, 11) is 0. The molecule has 0 aromatic heterocycles. The van der Waals surface area contributed by atoms with Crippen molar-refractivity contribution in [2.24, 2.45) is 5.92 Å². The molecule has 0 atom stereocenters. The average Bonchev–Trinajstić information content (AvgIpc) is 2.25. The molecule has 0 unspecified atom stereocenters. The summed E-state index contributed by atoms with van der Waals surface area (Å²) in [5, 5.41) is 8.95. The lowest BCUT2D eigenvalue weighted by Gasteiger charge is -2.06. The molecule has 3 heteroatoms. The van der Waals surface area contributed by atoms with Gasteiger partial charge in [0.2, 0.25) is 5.76 Å². The molecular weight excluding hydrogens is 204 g/mol. The Morgan fingerprint density at radius 2 is 2.00 bits per heavy atom. The van der Waals surface area contributed by atoms with E-state index in [1.807, 2.05) is 19.9 Å². The number of aliphatic carboxylic acids is 1. The zero-order valence-electron chi connectivity index (χ0n) is 9.51. The lowest BCUT2D eigenvalue weighted by molar-refractivity contribution is -0.135. The molecule has 1 rings (SSSR count). The third-order valence-corrected chi connectivity index (χ3v) is 1.96. The summed E-state index contributed by atoms with van der Waals surface area (Å²) < 4.78 is 5.29. The van der Waals surface area contributed by atoms with Crippen LogP contribution in [-0.2, 0) is 4.79 Å². The smallest absolute Gasteiger partial charge is 0.371 e. The molecule has 0 spiro atoms. The largest absolute Gasteiger partial charge is 0.475 e. The van der Waals surface area contributed by atoms with Crippen molar-refractivity contribution in [1.82, 2.24) is 0 Å². The summed E-state index contributed by atoms with van der Waals surface area (Å²) in [6.07, 6.45) is 2.30. The Bertz CT molecular complexity index is 366. The predicted molar refractivity (Wildman–Crippen MR) is 62.2 cm³/mol. The number of hydrogen-bond donors (Lipinski definition) is 1. The van der Waals surface area contributed by atoms with Gasteiger partial charge in [-0.25, -0.2) is 4.79 Å². The summed E-state index contributed by atoms with van der Waals surface area (Å²) >= 11 is 0. The number of carbonyl (C=O) groups is 1. The molecule has 0 aliphatic rings. The standard InChI is InChI=1S/C13H16O3/c1-10(2)8-9-12(13(14)15)16-11-6-4-3-5-7-11/h3-7,9-10H,8H2,1-2H3,(H,14,15). The van der Waals surface area contributed by atoms with Crippen molar-refractivity contribution < 1.29 is 14.6 Å². The van der Waals surface area contributed by atoms with Crippen molar-refractivity contribution >= 4 is 5.97 Å². The highest BCUT2D eigenvalue weighted by Gasteiger charge is 2.09. The van der Waals surface area contributed by atoms with Crippen molar-refractivity contribution in [3.05, 3.63) is 42.2 Å². The zero-order valence-corrected chi connectivity index (χ0v) is 9.51. The van der Waals surface area contributed by atoms with E-state index in [-0.39, 0.29) is 5.76 Å². The van der Waals surface area contributed by atoms with Crippen LogP contribution in [-0.4, -0.2) is 11.1 Å². The van der Waals surface area contributed by atoms with Gasteiger partial charge in [-0.2, -0.15) is 0 Å². The van der Waals surface area contributed by atoms with Crippen LogP contribution in [0.15, 0.2) is 42.2 Å². The molecule has 3 nitrogen and oxygen atoms in total. The van der Waals surface area contributed by atoms with Gasteiger partial charge in [0, 0.05) is 0 Å². The first kappa shape index (κ1) is 12.3. The van der Waals surface area contributed by atoms with E-state index in [2.05, 4.69) is 0 Å². The maximum Gasteiger partial charge on any atom is 0.371 e. The molecule has 0 heterocycles. The van der Waals surface area contributed by atoms with Gasteiger partial charge in [-0.3, -0.25) is 0 Å². The molecule has 0 aliphatic carbocycles. The second-order valence-corrected chi connectivity index (χ2v) is 3.92. The van der Waals surface area contributed by atoms with E-state index in [0.717, 1.165) is 0 Å². The van der Waals surface area contributed by atoms with E-state index < -0.39 is 5.97 Å². The van der Waals surface area contributed by atoms with Gasteiger partial charge in [0.25, 0.3) is 0 Å². The third kappa shape index (κ3) is 4.17. The summed E-state index contributed by atoms with van der Waals surface area (Å²) in [6.45, 7) is 4.05. The molecule has 0 saturated carbocycles. The number of rotatable bonds is 5. The van der Waals surface area contributed by atoms with Crippen LogP contribution >= 0.6 is 0 Å². The number of allylic oxidation sites excluding steroid dienone is 1. The lowest BCUT2D eigenvalue weighted by atomic mass is 10.1.